The van der Waals surface area contributed by atoms with Crippen molar-refractivity contribution in [3.05, 3.63) is 53.1 Å². The van der Waals surface area contributed by atoms with Gasteiger partial charge in [-0.3, -0.25) is 13.9 Å². The molecule has 2 amide bonds. The second-order valence-corrected chi connectivity index (χ2v) is 12.1. The fraction of sp³-hybridized carbons (Fsp3) is 0.500. The van der Waals surface area contributed by atoms with E-state index >= 15 is 0 Å². The summed E-state index contributed by atoms with van der Waals surface area (Å²) in [5.74, 6) is 0.0860. The van der Waals surface area contributed by atoms with Crippen LogP contribution in [0, 0.1) is 0 Å². The molecule has 214 valence electrons. The molecule has 3 rings (SSSR count). The number of sulfonamides is 1. The van der Waals surface area contributed by atoms with Crippen molar-refractivity contribution in [2.45, 2.75) is 64.1 Å². The molecule has 9 nitrogen and oxygen atoms in total. The van der Waals surface area contributed by atoms with E-state index in [0.717, 1.165) is 48.2 Å². The third kappa shape index (κ3) is 8.25. The first-order valence-corrected chi connectivity index (χ1v) is 15.3. The third-order valence-electron chi connectivity index (χ3n) is 6.91. The lowest BCUT2D eigenvalue weighted by Gasteiger charge is -2.34. The molecular weight excluding hydrogens is 542 g/mol. The normalized spacial score (nSPS) is 14.8. The van der Waals surface area contributed by atoms with Gasteiger partial charge >= 0.3 is 0 Å². The van der Waals surface area contributed by atoms with E-state index in [2.05, 4.69) is 5.32 Å². The van der Waals surface area contributed by atoms with Crippen molar-refractivity contribution in [3.8, 4) is 11.5 Å². The van der Waals surface area contributed by atoms with Gasteiger partial charge in [0.15, 0.2) is 0 Å². The van der Waals surface area contributed by atoms with Crippen molar-refractivity contribution in [2.24, 2.45) is 0 Å². The summed E-state index contributed by atoms with van der Waals surface area (Å²) in [6.45, 7) is 1.40. The number of methoxy groups -OCH3 is 2. The van der Waals surface area contributed by atoms with Gasteiger partial charge in [-0.05, 0) is 55.2 Å². The zero-order valence-corrected chi connectivity index (χ0v) is 24.6. The molecule has 39 heavy (non-hydrogen) atoms. The van der Waals surface area contributed by atoms with Crippen LogP contribution >= 0.6 is 11.6 Å². The second-order valence-electron chi connectivity index (χ2n) is 9.73. The standard InChI is InChI=1S/C28H38ClN3O6S/c1-5-24(28(34)30-22-11-7-6-8-12-22)31(18-20-10-9-13-23(16-20)37-2)27(33)19-32(39(4,35)36)25-17-21(29)14-15-26(25)38-3/h9-10,13-17,22,24H,5-8,11-12,18-19H2,1-4H3,(H,30,34). The molecule has 1 aliphatic carbocycles. The maximum absolute atomic E-state index is 13.9. The van der Waals surface area contributed by atoms with Gasteiger partial charge in [0.05, 0.1) is 26.2 Å². The van der Waals surface area contributed by atoms with Crippen LogP contribution in [0.15, 0.2) is 42.5 Å². The Labute approximate surface area is 236 Å². The fourth-order valence-electron chi connectivity index (χ4n) is 4.88. The maximum atomic E-state index is 13.9. The number of anilines is 1. The summed E-state index contributed by atoms with van der Waals surface area (Å²) in [4.78, 5) is 28.9. The molecule has 0 saturated heterocycles. The van der Waals surface area contributed by atoms with Gasteiger partial charge in [0.1, 0.15) is 24.1 Å². The number of amides is 2. The highest BCUT2D eigenvalue weighted by Crippen LogP contribution is 2.33. The molecule has 0 heterocycles. The van der Waals surface area contributed by atoms with Gasteiger partial charge in [0, 0.05) is 17.6 Å². The van der Waals surface area contributed by atoms with E-state index in [1.54, 1.807) is 37.4 Å². The Morgan fingerprint density at radius 3 is 2.41 bits per heavy atom. The van der Waals surface area contributed by atoms with Crippen LogP contribution in [0.3, 0.4) is 0 Å². The highest BCUT2D eigenvalue weighted by Gasteiger charge is 2.33. The summed E-state index contributed by atoms with van der Waals surface area (Å²) in [6.07, 6.45) is 6.44. The number of benzene rings is 2. The molecule has 2 aromatic carbocycles. The van der Waals surface area contributed by atoms with E-state index in [1.165, 1.54) is 18.1 Å². The maximum Gasteiger partial charge on any atom is 0.244 e. The average Bonchev–Trinajstić information content (AvgIpc) is 2.91. The molecule has 11 heteroatoms. The number of hydrogen-bond acceptors (Lipinski definition) is 6. The summed E-state index contributed by atoms with van der Waals surface area (Å²) in [5, 5.41) is 3.42. The van der Waals surface area contributed by atoms with Gasteiger partial charge in [-0.1, -0.05) is 49.9 Å². The SMILES string of the molecule is CCC(C(=O)NC1CCCCC1)N(Cc1cccc(OC)c1)C(=O)CN(c1cc(Cl)ccc1OC)S(C)(=O)=O. The molecule has 2 aromatic rings. The molecule has 1 N–H and O–H groups in total. The van der Waals surface area contributed by atoms with Crippen molar-refractivity contribution < 1.29 is 27.5 Å². The minimum absolute atomic E-state index is 0.0670. The lowest BCUT2D eigenvalue weighted by molar-refractivity contribution is -0.140. The molecule has 1 saturated carbocycles. The first-order valence-electron chi connectivity index (χ1n) is 13.1. The number of nitrogens with zero attached hydrogens (tertiary/aromatic N) is 2. The number of carbonyl (C=O) groups is 2. The fourth-order valence-corrected chi connectivity index (χ4v) is 5.90. The summed E-state index contributed by atoms with van der Waals surface area (Å²) < 4.78 is 37.5. The van der Waals surface area contributed by atoms with Crippen LogP contribution in [-0.2, 0) is 26.2 Å². The molecule has 1 fully saturated rings. The molecule has 1 unspecified atom stereocenters. The van der Waals surface area contributed by atoms with Crippen molar-refractivity contribution in [1.82, 2.24) is 10.2 Å². The van der Waals surface area contributed by atoms with E-state index in [0.29, 0.717) is 17.2 Å². The first-order chi connectivity index (χ1) is 18.6. The molecule has 0 aromatic heterocycles. The highest BCUT2D eigenvalue weighted by molar-refractivity contribution is 7.92. The minimum Gasteiger partial charge on any atom is -0.497 e. The Hall–Kier alpha value is -2.98. The quantitative estimate of drug-likeness (QED) is 0.400. The van der Waals surface area contributed by atoms with Crippen LogP contribution in [-0.4, -0.2) is 64.2 Å². The Morgan fingerprint density at radius 1 is 1.08 bits per heavy atom. The second kappa shape index (κ2) is 13.9. The van der Waals surface area contributed by atoms with E-state index < -0.39 is 28.5 Å². The summed E-state index contributed by atoms with van der Waals surface area (Å²) >= 11 is 6.17. The summed E-state index contributed by atoms with van der Waals surface area (Å²) in [6, 6.07) is 11.0. The van der Waals surface area contributed by atoms with Gasteiger partial charge in [0.25, 0.3) is 0 Å². The average molecular weight is 580 g/mol. The van der Waals surface area contributed by atoms with Crippen molar-refractivity contribution in [1.29, 1.82) is 0 Å². The number of hydrogen-bond donors (Lipinski definition) is 1. The van der Waals surface area contributed by atoms with Gasteiger partial charge in [-0.2, -0.15) is 0 Å². The number of rotatable bonds is 12. The summed E-state index contributed by atoms with van der Waals surface area (Å²) in [5.41, 5.74) is 0.889. The lowest BCUT2D eigenvalue weighted by Crippen LogP contribution is -2.54. The first kappa shape index (κ1) is 30.6. The largest absolute Gasteiger partial charge is 0.497 e. The van der Waals surface area contributed by atoms with Crippen LogP contribution in [0.5, 0.6) is 11.5 Å². The minimum atomic E-state index is -3.93. The monoisotopic (exact) mass is 579 g/mol. The van der Waals surface area contributed by atoms with Crippen molar-refractivity contribution >= 4 is 39.1 Å². The number of nitrogens with one attached hydrogen (secondary N) is 1. The van der Waals surface area contributed by atoms with Crippen LogP contribution in [0.25, 0.3) is 0 Å². The Kier molecular flexibility index (Phi) is 10.9. The smallest absolute Gasteiger partial charge is 0.244 e. The molecule has 1 atom stereocenters. The molecule has 0 bridgehead atoms. The van der Waals surface area contributed by atoms with E-state index in [4.69, 9.17) is 21.1 Å². The van der Waals surface area contributed by atoms with E-state index in [-0.39, 0.29) is 29.9 Å². The zero-order chi connectivity index (χ0) is 28.6. The van der Waals surface area contributed by atoms with Gasteiger partial charge in [-0.15, -0.1) is 0 Å². The number of carbonyl (C=O) groups excluding carboxylic acids is 2. The predicted octanol–water partition coefficient (Wildman–Crippen LogP) is 4.38. The summed E-state index contributed by atoms with van der Waals surface area (Å²) in [7, 11) is -0.966. The number of ether oxygens (including phenoxy) is 2. The van der Waals surface area contributed by atoms with Crippen LogP contribution < -0.4 is 19.1 Å². The Balaban J connectivity index is 1.97. The molecule has 0 radical (unpaired) electrons. The molecule has 0 aliphatic heterocycles. The zero-order valence-electron chi connectivity index (χ0n) is 23.0. The van der Waals surface area contributed by atoms with Crippen molar-refractivity contribution in [3.63, 3.8) is 0 Å². The lowest BCUT2D eigenvalue weighted by atomic mass is 9.95. The van der Waals surface area contributed by atoms with Crippen LogP contribution in [0.2, 0.25) is 5.02 Å². The Morgan fingerprint density at radius 2 is 1.79 bits per heavy atom. The Bertz CT molecular complexity index is 1250. The van der Waals surface area contributed by atoms with Crippen LogP contribution in [0.4, 0.5) is 5.69 Å². The topological polar surface area (TPSA) is 105 Å². The molecular formula is C28H38ClN3O6S. The molecule has 0 spiro atoms. The van der Waals surface area contributed by atoms with Crippen LogP contribution in [0.1, 0.15) is 51.0 Å². The number of halogens is 1. The van der Waals surface area contributed by atoms with Gasteiger partial charge in [0.2, 0.25) is 21.8 Å². The van der Waals surface area contributed by atoms with Gasteiger partial charge in [-0.25, -0.2) is 8.42 Å². The third-order valence-corrected chi connectivity index (χ3v) is 8.27. The van der Waals surface area contributed by atoms with Gasteiger partial charge < -0.3 is 19.7 Å². The van der Waals surface area contributed by atoms with E-state index in [9.17, 15) is 18.0 Å². The highest BCUT2D eigenvalue weighted by atomic mass is 35.5. The van der Waals surface area contributed by atoms with E-state index in [1.807, 2.05) is 13.0 Å². The predicted molar refractivity (Wildman–Crippen MR) is 153 cm³/mol. The molecule has 1 aliphatic rings. The van der Waals surface area contributed by atoms with Crippen molar-refractivity contribution in [2.75, 3.05) is 31.3 Å².